The van der Waals surface area contributed by atoms with Crippen LogP contribution in [-0.2, 0) is 20.1 Å². The van der Waals surface area contributed by atoms with Gasteiger partial charge in [0.1, 0.15) is 0 Å². The minimum Gasteiger partial charge on any atom is -0.352 e. The molecule has 1 heterocycles. The van der Waals surface area contributed by atoms with Crippen LogP contribution >= 0.6 is 15.9 Å². The van der Waals surface area contributed by atoms with Crippen LogP contribution in [0.15, 0.2) is 46.0 Å². The number of nitrogens with zero attached hydrogens (tertiary/aromatic N) is 4. The summed E-state index contributed by atoms with van der Waals surface area (Å²) in [6, 6.07) is 9.88. The van der Waals surface area contributed by atoms with Crippen LogP contribution in [0.5, 0.6) is 0 Å². The topological polar surface area (TPSA) is 52.9 Å². The molecule has 0 aliphatic carbocycles. The standard InChI is InChI=1S/C21H30BrN5O/c1-6-27(7-2)20(28)17-10-8-16(9-11-17)13-24-21(23-3)26(5)15-19-12-18(22)14-25(19)4/h8-12,14H,6-7,13,15H2,1-5H3,(H,23,24). The van der Waals surface area contributed by atoms with Crippen LogP contribution in [0.4, 0.5) is 0 Å². The van der Waals surface area contributed by atoms with Gasteiger partial charge in [-0.1, -0.05) is 12.1 Å². The summed E-state index contributed by atoms with van der Waals surface area (Å²) in [5.74, 6) is 0.898. The van der Waals surface area contributed by atoms with Gasteiger partial charge in [-0.15, -0.1) is 0 Å². The molecule has 2 aromatic rings. The van der Waals surface area contributed by atoms with E-state index < -0.39 is 0 Å². The van der Waals surface area contributed by atoms with Gasteiger partial charge in [0.2, 0.25) is 0 Å². The average molecular weight is 448 g/mol. The normalized spacial score (nSPS) is 11.4. The molecule has 0 radical (unpaired) electrons. The first-order valence-electron chi connectivity index (χ1n) is 9.50. The lowest BCUT2D eigenvalue weighted by Gasteiger charge is -2.22. The van der Waals surface area contributed by atoms with Gasteiger partial charge in [0.15, 0.2) is 5.96 Å². The van der Waals surface area contributed by atoms with E-state index in [0.29, 0.717) is 6.54 Å². The molecule has 0 unspecified atom stereocenters. The highest BCUT2D eigenvalue weighted by atomic mass is 79.9. The molecular weight excluding hydrogens is 418 g/mol. The highest BCUT2D eigenvalue weighted by Crippen LogP contribution is 2.15. The van der Waals surface area contributed by atoms with E-state index in [0.717, 1.165) is 41.2 Å². The maximum atomic E-state index is 12.4. The number of aryl methyl sites for hydroxylation is 1. The van der Waals surface area contributed by atoms with E-state index in [1.54, 1.807) is 7.05 Å². The zero-order valence-corrected chi connectivity index (χ0v) is 19.0. The van der Waals surface area contributed by atoms with Gasteiger partial charge in [-0.3, -0.25) is 9.79 Å². The van der Waals surface area contributed by atoms with Gasteiger partial charge in [0.25, 0.3) is 5.91 Å². The van der Waals surface area contributed by atoms with Gasteiger partial charge in [-0.25, -0.2) is 0 Å². The summed E-state index contributed by atoms with van der Waals surface area (Å²) in [6.45, 7) is 6.83. The van der Waals surface area contributed by atoms with Gasteiger partial charge in [0, 0.05) is 62.7 Å². The first-order valence-corrected chi connectivity index (χ1v) is 10.3. The van der Waals surface area contributed by atoms with Gasteiger partial charge in [-0.2, -0.15) is 0 Å². The number of aromatic nitrogens is 1. The van der Waals surface area contributed by atoms with Crippen LogP contribution in [0.3, 0.4) is 0 Å². The third-order valence-corrected chi connectivity index (χ3v) is 5.18. The molecule has 0 saturated carbocycles. The molecule has 7 heteroatoms. The zero-order valence-electron chi connectivity index (χ0n) is 17.4. The molecule has 1 N–H and O–H groups in total. The Morgan fingerprint density at radius 3 is 2.36 bits per heavy atom. The predicted octanol–water partition coefficient (Wildman–Crippen LogP) is 3.48. The van der Waals surface area contributed by atoms with Crippen LogP contribution < -0.4 is 5.32 Å². The molecule has 28 heavy (non-hydrogen) atoms. The number of hydrogen-bond acceptors (Lipinski definition) is 2. The number of benzene rings is 1. The van der Waals surface area contributed by atoms with E-state index in [-0.39, 0.29) is 5.91 Å². The molecule has 0 aliphatic heterocycles. The molecule has 152 valence electrons. The predicted molar refractivity (Wildman–Crippen MR) is 118 cm³/mol. The maximum Gasteiger partial charge on any atom is 0.253 e. The summed E-state index contributed by atoms with van der Waals surface area (Å²) in [4.78, 5) is 20.7. The largest absolute Gasteiger partial charge is 0.352 e. The van der Waals surface area contributed by atoms with Crippen molar-refractivity contribution in [2.24, 2.45) is 12.0 Å². The van der Waals surface area contributed by atoms with Crippen molar-refractivity contribution in [3.63, 3.8) is 0 Å². The van der Waals surface area contributed by atoms with Crippen molar-refractivity contribution in [2.75, 3.05) is 27.2 Å². The Bertz CT molecular complexity index is 809. The fourth-order valence-corrected chi connectivity index (χ4v) is 3.64. The van der Waals surface area contributed by atoms with Crippen molar-refractivity contribution in [3.05, 3.63) is 57.8 Å². The van der Waals surface area contributed by atoms with Gasteiger partial charge < -0.3 is 19.7 Å². The van der Waals surface area contributed by atoms with Crippen LogP contribution in [0.1, 0.15) is 35.5 Å². The molecular formula is C21H30BrN5O. The number of aliphatic imine (C=N–C) groups is 1. The van der Waals surface area contributed by atoms with Crippen molar-refractivity contribution in [2.45, 2.75) is 26.9 Å². The number of carbonyl (C=O) groups excluding carboxylic acids is 1. The van der Waals surface area contributed by atoms with E-state index in [2.05, 4.69) is 41.8 Å². The highest BCUT2D eigenvalue weighted by Gasteiger charge is 2.13. The first kappa shape index (κ1) is 22.0. The Hall–Kier alpha value is -2.28. The van der Waals surface area contributed by atoms with Crippen molar-refractivity contribution >= 4 is 27.8 Å². The van der Waals surface area contributed by atoms with E-state index >= 15 is 0 Å². The fourth-order valence-electron chi connectivity index (χ4n) is 3.07. The second kappa shape index (κ2) is 10.3. The minimum absolute atomic E-state index is 0.0776. The van der Waals surface area contributed by atoms with Crippen molar-refractivity contribution in [1.29, 1.82) is 0 Å². The monoisotopic (exact) mass is 447 g/mol. The minimum atomic E-state index is 0.0776. The molecule has 0 aliphatic rings. The molecule has 0 spiro atoms. The van der Waals surface area contributed by atoms with Crippen molar-refractivity contribution < 1.29 is 4.79 Å². The van der Waals surface area contributed by atoms with Crippen LogP contribution in [-0.4, -0.2) is 53.4 Å². The lowest BCUT2D eigenvalue weighted by molar-refractivity contribution is 0.0773. The Balaban J connectivity index is 1.96. The number of rotatable bonds is 7. The third kappa shape index (κ3) is 5.61. The Morgan fingerprint density at radius 1 is 1.21 bits per heavy atom. The smallest absolute Gasteiger partial charge is 0.253 e. The van der Waals surface area contributed by atoms with E-state index in [1.165, 1.54) is 5.69 Å². The molecule has 0 fully saturated rings. The van der Waals surface area contributed by atoms with E-state index in [9.17, 15) is 4.79 Å². The highest BCUT2D eigenvalue weighted by molar-refractivity contribution is 9.10. The average Bonchev–Trinajstić information content (AvgIpc) is 3.00. The second-order valence-corrected chi connectivity index (χ2v) is 7.61. The summed E-state index contributed by atoms with van der Waals surface area (Å²) in [6.07, 6.45) is 2.04. The number of amides is 1. The Morgan fingerprint density at radius 2 is 1.86 bits per heavy atom. The molecule has 0 atom stereocenters. The first-order chi connectivity index (χ1) is 13.4. The molecule has 2 rings (SSSR count). The fraction of sp³-hybridized carbons (Fsp3) is 0.429. The Kier molecular flexibility index (Phi) is 8.11. The van der Waals surface area contributed by atoms with Gasteiger partial charge in [-0.05, 0) is 53.5 Å². The van der Waals surface area contributed by atoms with Crippen LogP contribution in [0.2, 0.25) is 0 Å². The van der Waals surface area contributed by atoms with Crippen LogP contribution in [0, 0.1) is 0 Å². The lowest BCUT2D eigenvalue weighted by atomic mass is 10.1. The molecule has 1 amide bonds. The number of nitrogens with one attached hydrogen (secondary N) is 1. The summed E-state index contributed by atoms with van der Waals surface area (Å²) >= 11 is 3.51. The molecule has 0 saturated heterocycles. The maximum absolute atomic E-state index is 12.4. The van der Waals surface area contributed by atoms with E-state index in [1.807, 2.05) is 63.3 Å². The Labute approximate surface area is 176 Å². The number of guanidine groups is 1. The molecule has 1 aromatic heterocycles. The number of halogens is 1. The zero-order chi connectivity index (χ0) is 20.7. The molecule has 0 bridgehead atoms. The van der Waals surface area contributed by atoms with E-state index in [4.69, 9.17) is 0 Å². The number of hydrogen-bond donors (Lipinski definition) is 1. The summed E-state index contributed by atoms with van der Waals surface area (Å²) < 4.78 is 3.17. The van der Waals surface area contributed by atoms with Gasteiger partial charge >= 0.3 is 0 Å². The summed E-state index contributed by atoms with van der Waals surface area (Å²) in [5.41, 5.74) is 3.02. The van der Waals surface area contributed by atoms with Crippen LogP contribution in [0.25, 0.3) is 0 Å². The molecule has 6 nitrogen and oxygen atoms in total. The van der Waals surface area contributed by atoms with Gasteiger partial charge in [0.05, 0.1) is 6.54 Å². The second-order valence-electron chi connectivity index (χ2n) is 6.69. The number of carbonyl (C=O) groups is 1. The summed E-state index contributed by atoms with van der Waals surface area (Å²) in [5, 5.41) is 3.39. The SMILES string of the molecule is CCN(CC)C(=O)c1ccc(CNC(=NC)N(C)Cc2cc(Br)cn2C)cc1. The lowest BCUT2D eigenvalue weighted by Crippen LogP contribution is -2.38. The summed E-state index contributed by atoms with van der Waals surface area (Å²) in [7, 11) is 5.83. The van der Waals surface area contributed by atoms with Crippen molar-refractivity contribution in [3.8, 4) is 0 Å². The quantitative estimate of drug-likeness (QED) is 0.521. The molecule has 1 aromatic carbocycles. The van der Waals surface area contributed by atoms with Crippen molar-refractivity contribution in [1.82, 2.24) is 19.7 Å². The third-order valence-electron chi connectivity index (χ3n) is 4.75.